The minimum Gasteiger partial charge on any atom is -0.481 e. The number of aliphatic carboxylic acids is 1. The summed E-state index contributed by atoms with van der Waals surface area (Å²) in [4.78, 5) is 31.9. The first-order valence-electron chi connectivity index (χ1n) is 13.3. The summed E-state index contributed by atoms with van der Waals surface area (Å²) in [5.74, 6) is -1.51. The van der Waals surface area contributed by atoms with Crippen LogP contribution < -0.4 is 4.90 Å². The number of anilines is 1. The van der Waals surface area contributed by atoms with Gasteiger partial charge in [0.1, 0.15) is 11.5 Å². The molecule has 3 fully saturated rings. The zero-order chi connectivity index (χ0) is 31.1. The highest BCUT2D eigenvalue weighted by atomic mass is 19.4. The molecule has 42 heavy (non-hydrogen) atoms. The molecule has 4 rings (SSSR count). The molecule has 3 saturated heterocycles. The third-order valence-corrected chi connectivity index (χ3v) is 8.26. The molecule has 0 aliphatic carbocycles. The van der Waals surface area contributed by atoms with Crippen molar-refractivity contribution in [3.8, 4) is 0 Å². The first-order valence-corrected chi connectivity index (χ1v) is 13.3. The highest BCUT2D eigenvalue weighted by molar-refractivity contribution is 5.70. The molecule has 4 heterocycles. The number of hydrogen-bond donors (Lipinski definition) is 1. The van der Waals surface area contributed by atoms with E-state index in [-0.39, 0.29) is 64.2 Å². The Morgan fingerprint density at radius 3 is 2.05 bits per heavy atom. The number of nitrogens with zero attached hydrogens (tertiary/aromatic N) is 4. The van der Waals surface area contributed by atoms with Gasteiger partial charge in [0.25, 0.3) is 6.10 Å². The molecule has 0 bridgehead atoms. The lowest BCUT2D eigenvalue weighted by atomic mass is 9.85. The third-order valence-electron chi connectivity index (χ3n) is 8.26. The molecule has 236 valence electrons. The van der Waals surface area contributed by atoms with E-state index in [0.29, 0.717) is 24.9 Å². The molecule has 1 amide bonds. The van der Waals surface area contributed by atoms with E-state index >= 15 is 0 Å². The van der Waals surface area contributed by atoms with Crippen molar-refractivity contribution >= 4 is 17.9 Å². The van der Waals surface area contributed by atoms with Gasteiger partial charge in [-0.3, -0.25) is 9.69 Å². The van der Waals surface area contributed by atoms with Crippen LogP contribution in [0.1, 0.15) is 49.8 Å². The van der Waals surface area contributed by atoms with Crippen LogP contribution in [0.5, 0.6) is 0 Å². The van der Waals surface area contributed by atoms with Crippen LogP contribution in [0.3, 0.4) is 0 Å². The number of rotatable bonds is 5. The van der Waals surface area contributed by atoms with Gasteiger partial charge in [-0.15, -0.1) is 0 Å². The van der Waals surface area contributed by atoms with E-state index in [1.165, 1.54) is 6.07 Å². The standard InChI is InChI=1S/C25H29F9N4O4/c26-23(27,28)17-3-2-16(18(35-17)36-10-4-15(5-11-36)19(39)40)14-38-9-1-6-22(38)7-12-37(13-8-22)21(41)42-20(24(29,30)31)25(32,33)34/h2-3,15,20H,1,4-14H2,(H,39,40). The zero-order valence-electron chi connectivity index (χ0n) is 22.2. The average Bonchev–Trinajstić information content (AvgIpc) is 3.26. The lowest BCUT2D eigenvalue weighted by molar-refractivity contribution is -0.308. The first-order chi connectivity index (χ1) is 19.4. The summed E-state index contributed by atoms with van der Waals surface area (Å²) in [5, 5.41) is 9.28. The first kappa shape index (κ1) is 31.9. The van der Waals surface area contributed by atoms with Crippen LogP contribution in [-0.2, 0) is 22.3 Å². The second-order valence-corrected chi connectivity index (χ2v) is 10.9. The molecule has 3 aliphatic heterocycles. The maximum atomic E-state index is 13.5. The van der Waals surface area contributed by atoms with Gasteiger partial charge in [0.05, 0.1) is 5.92 Å². The minimum absolute atomic E-state index is 0.0853. The second-order valence-electron chi connectivity index (χ2n) is 10.9. The average molecular weight is 621 g/mol. The minimum atomic E-state index is -5.83. The van der Waals surface area contributed by atoms with Gasteiger partial charge < -0.3 is 19.6 Å². The van der Waals surface area contributed by atoms with E-state index in [1.54, 1.807) is 4.90 Å². The van der Waals surface area contributed by atoms with E-state index in [2.05, 4.69) is 9.72 Å². The van der Waals surface area contributed by atoms with Crippen LogP contribution in [0.2, 0.25) is 0 Å². The summed E-state index contributed by atoms with van der Waals surface area (Å²) in [6, 6.07) is 2.18. The molecule has 0 atom stereocenters. The SMILES string of the molecule is O=C(O)C1CCN(c2nc(C(F)(F)F)ccc2CN2CCCC23CCN(C(=O)OC(C(F)(F)F)C(F)(F)F)CC3)CC1. The van der Waals surface area contributed by atoms with Crippen LogP contribution in [0.15, 0.2) is 12.1 Å². The summed E-state index contributed by atoms with van der Waals surface area (Å²) in [6.45, 7) is 0.732. The quantitative estimate of drug-likeness (QED) is 0.438. The van der Waals surface area contributed by atoms with Gasteiger partial charge in [0, 0.05) is 43.8 Å². The van der Waals surface area contributed by atoms with Crippen molar-refractivity contribution in [1.29, 1.82) is 0 Å². The van der Waals surface area contributed by atoms with Crippen molar-refractivity contribution in [1.82, 2.24) is 14.8 Å². The molecular formula is C25H29F9N4O4. The summed E-state index contributed by atoms with van der Waals surface area (Å²) in [5.41, 5.74) is -1.21. The third kappa shape index (κ3) is 6.97. The monoisotopic (exact) mass is 620 g/mol. The molecule has 0 unspecified atom stereocenters. The molecule has 8 nitrogen and oxygen atoms in total. The Labute approximate surface area is 234 Å². The molecule has 1 aromatic heterocycles. The van der Waals surface area contributed by atoms with Crippen molar-refractivity contribution in [2.24, 2.45) is 5.92 Å². The number of carboxylic acid groups (broad SMARTS) is 1. The fourth-order valence-electron chi connectivity index (χ4n) is 5.98. The number of halogens is 9. The Bertz CT molecular complexity index is 1130. The largest absolute Gasteiger partial charge is 0.481 e. The lowest BCUT2D eigenvalue weighted by Gasteiger charge is -2.45. The lowest BCUT2D eigenvalue weighted by Crippen LogP contribution is -2.54. The number of carbonyl (C=O) groups excluding carboxylic acids is 1. The van der Waals surface area contributed by atoms with Crippen molar-refractivity contribution < 1.29 is 58.9 Å². The van der Waals surface area contributed by atoms with Gasteiger partial charge in [-0.25, -0.2) is 9.78 Å². The number of ether oxygens (including phenoxy) is 1. The van der Waals surface area contributed by atoms with Crippen LogP contribution in [0.25, 0.3) is 0 Å². The normalized spacial score (nSPS) is 20.9. The summed E-state index contributed by atoms with van der Waals surface area (Å²) < 4.78 is 121. The van der Waals surface area contributed by atoms with E-state index in [0.717, 1.165) is 11.0 Å². The van der Waals surface area contributed by atoms with E-state index in [9.17, 15) is 54.2 Å². The fourth-order valence-corrected chi connectivity index (χ4v) is 5.98. The molecule has 0 saturated carbocycles. The predicted molar refractivity (Wildman–Crippen MR) is 127 cm³/mol. The van der Waals surface area contributed by atoms with Gasteiger partial charge in [-0.1, -0.05) is 6.07 Å². The summed E-state index contributed by atoms with van der Waals surface area (Å²) in [7, 11) is 0. The van der Waals surface area contributed by atoms with E-state index in [1.807, 2.05) is 4.90 Å². The van der Waals surface area contributed by atoms with Gasteiger partial charge in [0.15, 0.2) is 0 Å². The zero-order valence-corrected chi connectivity index (χ0v) is 22.2. The number of amides is 1. The summed E-state index contributed by atoms with van der Waals surface area (Å²) in [6.07, 6.45) is -20.2. The molecule has 1 spiro atoms. The van der Waals surface area contributed by atoms with Crippen molar-refractivity contribution in [2.75, 3.05) is 37.6 Å². The highest BCUT2D eigenvalue weighted by Gasteiger charge is 2.60. The Hall–Kier alpha value is -2.98. The Kier molecular flexibility index (Phi) is 8.82. The van der Waals surface area contributed by atoms with Gasteiger partial charge in [-0.05, 0) is 51.1 Å². The van der Waals surface area contributed by atoms with Crippen molar-refractivity contribution in [3.05, 3.63) is 23.4 Å². The number of pyridine rings is 1. The van der Waals surface area contributed by atoms with Crippen LogP contribution >= 0.6 is 0 Å². The Morgan fingerprint density at radius 1 is 0.929 bits per heavy atom. The topological polar surface area (TPSA) is 86.2 Å². The van der Waals surface area contributed by atoms with E-state index in [4.69, 9.17) is 0 Å². The molecule has 3 aliphatic rings. The van der Waals surface area contributed by atoms with Crippen molar-refractivity contribution in [2.45, 2.75) is 75.2 Å². The van der Waals surface area contributed by atoms with E-state index < -0.39 is 53.8 Å². The number of alkyl halides is 9. The maximum Gasteiger partial charge on any atom is 0.434 e. The molecule has 1 N–H and O–H groups in total. The number of aromatic nitrogens is 1. The Balaban J connectivity index is 1.48. The van der Waals surface area contributed by atoms with Gasteiger partial charge >= 0.3 is 30.6 Å². The predicted octanol–water partition coefficient (Wildman–Crippen LogP) is 5.46. The van der Waals surface area contributed by atoms with Crippen molar-refractivity contribution in [3.63, 3.8) is 0 Å². The fraction of sp³-hybridized carbons (Fsp3) is 0.720. The van der Waals surface area contributed by atoms with Crippen LogP contribution in [0.4, 0.5) is 50.1 Å². The summed E-state index contributed by atoms with van der Waals surface area (Å²) >= 11 is 0. The van der Waals surface area contributed by atoms with Gasteiger partial charge in [-0.2, -0.15) is 39.5 Å². The Morgan fingerprint density at radius 2 is 1.52 bits per heavy atom. The molecular weight excluding hydrogens is 591 g/mol. The molecule has 0 radical (unpaired) electrons. The number of hydrogen-bond acceptors (Lipinski definition) is 6. The van der Waals surface area contributed by atoms with Crippen LogP contribution in [0, 0.1) is 5.92 Å². The second kappa shape index (κ2) is 11.6. The smallest absolute Gasteiger partial charge is 0.434 e. The van der Waals surface area contributed by atoms with Crippen LogP contribution in [-0.4, -0.2) is 88.7 Å². The number of likely N-dealkylation sites (tertiary alicyclic amines) is 2. The molecule has 0 aromatic carbocycles. The highest BCUT2D eigenvalue weighted by Crippen LogP contribution is 2.42. The number of carboxylic acids is 1. The molecule has 17 heteroatoms. The number of piperidine rings is 2. The molecule has 1 aromatic rings. The maximum absolute atomic E-state index is 13.5. The number of carbonyl (C=O) groups is 2. The van der Waals surface area contributed by atoms with Gasteiger partial charge in [0.2, 0.25) is 0 Å².